The molecule has 0 spiro atoms. The molecule has 0 bridgehead atoms. The zero-order valence-electron chi connectivity index (χ0n) is 17.0. The Morgan fingerprint density at radius 1 is 0.929 bits per heavy atom. The summed E-state index contributed by atoms with van der Waals surface area (Å²) in [6.45, 7) is 7.36. The second-order valence-electron chi connectivity index (χ2n) is 7.57. The third-order valence-corrected chi connectivity index (χ3v) is 5.24. The van der Waals surface area contributed by atoms with E-state index in [2.05, 4.69) is 24.0 Å². The van der Waals surface area contributed by atoms with E-state index in [9.17, 15) is 0 Å². The van der Waals surface area contributed by atoms with Crippen LogP contribution in [0.2, 0.25) is 0 Å². The number of halogens is 1. The predicted octanol–water partition coefficient (Wildman–Crippen LogP) is 5.97. The highest BCUT2D eigenvalue weighted by molar-refractivity contribution is 5.85. The number of ether oxygens (including phenoxy) is 2. The van der Waals surface area contributed by atoms with Gasteiger partial charge in [-0.05, 0) is 62.2 Å². The summed E-state index contributed by atoms with van der Waals surface area (Å²) in [5, 5.41) is 0. The number of benzene rings is 2. The van der Waals surface area contributed by atoms with E-state index in [4.69, 9.17) is 9.47 Å². The summed E-state index contributed by atoms with van der Waals surface area (Å²) in [6.07, 6.45) is 6.55. The van der Waals surface area contributed by atoms with Gasteiger partial charge in [0.05, 0.1) is 6.61 Å². The standard InChI is InChI=1S/C24H33NO2.ClH/c1-2-3-7-16-25-17-8-11-22(18-25)20-27-24-14-12-23(13-15-24)26-19-21-9-5-4-6-10-21;/h4-6,9-10,12-15,22H,2-3,7-8,11,16-20H2,1H3;1H. The number of piperidine rings is 1. The fraction of sp³-hybridized carbons (Fsp3) is 0.500. The topological polar surface area (TPSA) is 21.7 Å². The SMILES string of the molecule is CCCCCN1CCCC(COc2ccc(OCc3ccccc3)cc2)C1.Cl. The zero-order valence-corrected chi connectivity index (χ0v) is 17.8. The van der Waals surface area contributed by atoms with Gasteiger partial charge in [-0.3, -0.25) is 0 Å². The maximum atomic E-state index is 6.06. The monoisotopic (exact) mass is 403 g/mol. The van der Waals surface area contributed by atoms with Crippen molar-refractivity contribution in [3.63, 3.8) is 0 Å². The van der Waals surface area contributed by atoms with E-state index in [1.807, 2.05) is 42.5 Å². The minimum absolute atomic E-state index is 0. The number of hydrogen-bond donors (Lipinski definition) is 0. The zero-order chi connectivity index (χ0) is 18.7. The van der Waals surface area contributed by atoms with Crippen LogP contribution >= 0.6 is 12.4 Å². The molecule has 0 aliphatic carbocycles. The highest BCUT2D eigenvalue weighted by Crippen LogP contribution is 2.22. The van der Waals surface area contributed by atoms with E-state index < -0.39 is 0 Å². The van der Waals surface area contributed by atoms with Crippen LogP contribution in [-0.2, 0) is 6.61 Å². The van der Waals surface area contributed by atoms with Crippen molar-refractivity contribution in [2.24, 2.45) is 5.92 Å². The number of rotatable bonds is 10. The van der Waals surface area contributed by atoms with Gasteiger partial charge in [-0.25, -0.2) is 0 Å². The Kier molecular flexibility index (Phi) is 10.2. The Morgan fingerprint density at radius 3 is 2.36 bits per heavy atom. The summed E-state index contributed by atoms with van der Waals surface area (Å²) in [5.74, 6) is 2.46. The summed E-state index contributed by atoms with van der Waals surface area (Å²) in [4.78, 5) is 2.62. The van der Waals surface area contributed by atoms with E-state index in [1.54, 1.807) is 0 Å². The van der Waals surface area contributed by atoms with Crippen molar-refractivity contribution in [1.82, 2.24) is 4.90 Å². The first-order valence-corrected chi connectivity index (χ1v) is 10.5. The molecule has 4 heteroatoms. The van der Waals surface area contributed by atoms with Crippen molar-refractivity contribution >= 4 is 12.4 Å². The van der Waals surface area contributed by atoms with Crippen LogP contribution in [-0.4, -0.2) is 31.1 Å². The van der Waals surface area contributed by atoms with Gasteiger partial charge < -0.3 is 14.4 Å². The fourth-order valence-corrected chi connectivity index (χ4v) is 3.66. The molecule has 1 heterocycles. The highest BCUT2D eigenvalue weighted by Gasteiger charge is 2.20. The molecule has 1 atom stereocenters. The van der Waals surface area contributed by atoms with Crippen LogP contribution in [0.4, 0.5) is 0 Å². The molecule has 1 aliphatic rings. The van der Waals surface area contributed by atoms with E-state index >= 15 is 0 Å². The molecule has 28 heavy (non-hydrogen) atoms. The smallest absolute Gasteiger partial charge is 0.120 e. The minimum Gasteiger partial charge on any atom is -0.493 e. The van der Waals surface area contributed by atoms with Crippen LogP contribution in [0.25, 0.3) is 0 Å². The molecule has 1 aliphatic heterocycles. The van der Waals surface area contributed by atoms with Crippen LogP contribution in [0.1, 0.15) is 44.6 Å². The van der Waals surface area contributed by atoms with Gasteiger partial charge in [-0.15, -0.1) is 12.4 Å². The highest BCUT2D eigenvalue weighted by atomic mass is 35.5. The van der Waals surface area contributed by atoms with Gasteiger partial charge in [-0.1, -0.05) is 50.1 Å². The van der Waals surface area contributed by atoms with Gasteiger partial charge in [-0.2, -0.15) is 0 Å². The number of likely N-dealkylation sites (tertiary alicyclic amines) is 1. The lowest BCUT2D eigenvalue weighted by atomic mass is 9.98. The lowest BCUT2D eigenvalue weighted by Gasteiger charge is -2.32. The average Bonchev–Trinajstić information content (AvgIpc) is 2.73. The Bertz CT molecular complexity index is 647. The van der Waals surface area contributed by atoms with Gasteiger partial charge in [0.25, 0.3) is 0 Å². The maximum Gasteiger partial charge on any atom is 0.120 e. The first-order valence-electron chi connectivity index (χ1n) is 10.5. The first-order chi connectivity index (χ1) is 13.3. The minimum atomic E-state index is 0. The van der Waals surface area contributed by atoms with Gasteiger partial charge in [0.2, 0.25) is 0 Å². The molecule has 0 N–H and O–H groups in total. The molecular formula is C24H34ClNO2. The quantitative estimate of drug-likeness (QED) is 0.456. The molecule has 2 aromatic carbocycles. The molecule has 3 rings (SSSR count). The van der Waals surface area contributed by atoms with Gasteiger partial charge in [0.15, 0.2) is 0 Å². The molecule has 2 aromatic rings. The molecule has 1 fully saturated rings. The van der Waals surface area contributed by atoms with E-state index in [0.29, 0.717) is 12.5 Å². The second-order valence-corrected chi connectivity index (χ2v) is 7.57. The Balaban J connectivity index is 0.00000280. The summed E-state index contributed by atoms with van der Waals surface area (Å²) < 4.78 is 11.9. The molecule has 0 saturated carbocycles. The average molecular weight is 404 g/mol. The van der Waals surface area contributed by atoms with Crippen molar-refractivity contribution in [2.45, 2.75) is 45.6 Å². The maximum absolute atomic E-state index is 6.06. The third-order valence-electron chi connectivity index (χ3n) is 5.24. The Morgan fingerprint density at radius 2 is 1.64 bits per heavy atom. The number of hydrogen-bond acceptors (Lipinski definition) is 3. The predicted molar refractivity (Wildman–Crippen MR) is 119 cm³/mol. The lowest BCUT2D eigenvalue weighted by molar-refractivity contribution is 0.128. The van der Waals surface area contributed by atoms with Gasteiger partial charge >= 0.3 is 0 Å². The molecular weight excluding hydrogens is 370 g/mol. The van der Waals surface area contributed by atoms with Gasteiger partial charge in [0.1, 0.15) is 18.1 Å². The van der Waals surface area contributed by atoms with Crippen molar-refractivity contribution in [2.75, 3.05) is 26.2 Å². The Labute approximate surface area is 176 Å². The van der Waals surface area contributed by atoms with Gasteiger partial charge in [0, 0.05) is 12.5 Å². The molecule has 0 radical (unpaired) electrons. The summed E-state index contributed by atoms with van der Waals surface area (Å²) in [7, 11) is 0. The summed E-state index contributed by atoms with van der Waals surface area (Å²) >= 11 is 0. The molecule has 3 nitrogen and oxygen atoms in total. The Hall–Kier alpha value is -1.71. The molecule has 0 amide bonds. The van der Waals surface area contributed by atoms with Crippen molar-refractivity contribution in [3.05, 3.63) is 60.2 Å². The third kappa shape index (κ3) is 7.73. The van der Waals surface area contributed by atoms with Crippen molar-refractivity contribution in [1.29, 1.82) is 0 Å². The van der Waals surface area contributed by atoms with Crippen LogP contribution in [0, 0.1) is 5.92 Å². The van der Waals surface area contributed by atoms with Crippen LogP contribution in [0.5, 0.6) is 11.5 Å². The molecule has 1 saturated heterocycles. The van der Waals surface area contributed by atoms with E-state index in [0.717, 1.165) is 18.1 Å². The van der Waals surface area contributed by atoms with E-state index in [-0.39, 0.29) is 12.4 Å². The van der Waals surface area contributed by atoms with Crippen LogP contribution in [0.3, 0.4) is 0 Å². The molecule has 0 aromatic heterocycles. The summed E-state index contributed by atoms with van der Waals surface area (Å²) in [6, 6.07) is 18.3. The normalized spacial score (nSPS) is 17.0. The van der Waals surface area contributed by atoms with Crippen LogP contribution < -0.4 is 9.47 Å². The van der Waals surface area contributed by atoms with Crippen molar-refractivity contribution in [3.8, 4) is 11.5 Å². The van der Waals surface area contributed by atoms with E-state index in [1.165, 1.54) is 57.3 Å². The summed E-state index contributed by atoms with van der Waals surface area (Å²) in [5.41, 5.74) is 1.18. The number of nitrogens with zero attached hydrogens (tertiary/aromatic N) is 1. The van der Waals surface area contributed by atoms with Crippen molar-refractivity contribution < 1.29 is 9.47 Å². The molecule has 1 unspecified atom stereocenters. The molecule has 154 valence electrons. The number of unbranched alkanes of at least 4 members (excludes halogenated alkanes) is 2. The first kappa shape index (κ1) is 22.6. The second kappa shape index (κ2) is 12.7. The van der Waals surface area contributed by atoms with Crippen LogP contribution in [0.15, 0.2) is 54.6 Å². The largest absolute Gasteiger partial charge is 0.493 e. The lowest BCUT2D eigenvalue weighted by Crippen LogP contribution is -2.38. The fourth-order valence-electron chi connectivity index (χ4n) is 3.66.